The molecule has 0 aromatic heterocycles. The van der Waals surface area contributed by atoms with Crippen molar-refractivity contribution in [3.05, 3.63) is 116 Å². The topological polar surface area (TPSA) is 46.6 Å². The molecular formula is C29H21Cl2NO3S. The van der Waals surface area contributed by atoms with Gasteiger partial charge in [-0.25, -0.2) is 0 Å². The average Bonchev–Trinajstić information content (AvgIpc) is 3.11. The van der Waals surface area contributed by atoms with Gasteiger partial charge in [0.05, 0.1) is 21.5 Å². The van der Waals surface area contributed by atoms with Crippen LogP contribution in [0.2, 0.25) is 10.0 Å². The number of hydrogen-bond donors (Lipinski definition) is 0. The van der Waals surface area contributed by atoms with Gasteiger partial charge in [-0.2, -0.15) is 0 Å². The molecule has 0 spiro atoms. The van der Waals surface area contributed by atoms with Crippen LogP contribution in [-0.4, -0.2) is 16.0 Å². The molecule has 1 saturated heterocycles. The molecule has 4 nitrogen and oxygen atoms in total. The molecule has 0 aliphatic carbocycles. The van der Waals surface area contributed by atoms with Gasteiger partial charge in [0, 0.05) is 0 Å². The standard InChI is InChI=1S/C29H21Cl2NO3S/c1-18-5-4-6-20(11-18)17-35-27-24(30)13-21(14-25(27)31)15-26-28(33)32(29(34)36-26)16-19-9-10-22-7-2-3-8-23(22)12-19/h2-15H,16-17H2,1H3/b26-15-. The maximum atomic E-state index is 13.0. The maximum Gasteiger partial charge on any atom is 0.293 e. The molecule has 0 unspecified atom stereocenters. The van der Waals surface area contributed by atoms with Crippen LogP contribution >= 0.6 is 35.0 Å². The Bertz CT molecular complexity index is 1510. The summed E-state index contributed by atoms with van der Waals surface area (Å²) in [6, 6.07) is 25.2. The summed E-state index contributed by atoms with van der Waals surface area (Å²) in [5.74, 6) is 0.0339. The van der Waals surface area contributed by atoms with Crippen LogP contribution in [-0.2, 0) is 17.9 Å². The number of thioether (sulfide) groups is 1. The van der Waals surface area contributed by atoms with E-state index in [0.29, 0.717) is 32.9 Å². The Morgan fingerprint density at radius 3 is 2.36 bits per heavy atom. The summed E-state index contributed by atoms with van der Waals surface area (Å²) in [7, 11) is 0. The van der Waals surface area contributed by atoms with Crippen LogP contribution < -0.4 is 4.74 Å². The molecule has 2 amide bonds. The fourth-order valence-electron chi connectivity index (χ4n) is 4.07. The Hall–Kier alpha value is -3.25. The molecule has 0 N–H and O–H groups in total. The average molecular weight is 534 g/mol. The van der Waals surface area contributed by atoms with Crippen LogP contribution in [0.25, 0.3) is 16.8 Å². The Labute approximate surface area is 223 Å². The molecule has 36 heavy (non-hydrogen) atoms. The van der Waals surface area contributed by atoms with E-state index < -0.39 is 0 Å². The van der Waals surface area contributed by atoms with Crippen LogP contribution in [0.15, 0.2) is 83.8 Å². The zero-order chi connectivity index (χ0) is 25.2. The monoisotopic (exact) mass is 533 g/mol. The SMILES string of the molecule is Cc1cccc(COc2c(Cl)cc(/C=C3\SC(=O)N(Cc4ccc5ccccc5c4)C3=O)cc2Cl)c1. The number of aryl methyl sites for hydroxylation is 1. The van der Waals surface area contributed by atoms with Gasteiger partial charge in [-0.05, 0) is 70.4 Å². The summed E-state index contributed by atoms with van der Waals surface area (Å²) in [5.41, 5.74) is 3.65. The minimum atomic E-state index is -0.342. The first-order valence-electron chi connectivity index (χ1n) is 11.3. The van der Waals surface area contributed by atoms with Gasteiger partial charge < -0.3 is 4.74 Å². The van der Waals surface area contributed by atoms with Crippen molar-refractivity contribution in [1.29, 1.82) is 0 Å². The Morgan fingerprint density at radius 1 is 0.861 bits per heavy atom. The van der Waals surface area contributed by atoms with Crippen molar-refractivity contribution in [2.45, 2.75) is 20.1 Å². The van der Waals surface area contributed by atoms with Crippen LogP contribution in [0.1, 0.15) is 22.3 Å². The first-order valence-corrected chi connectivity index (χ1v) is 12.8. The largest absolute Gasteiger partial charge is 0.486 e. The predicted molar refractivity (Wildman–Crippen MR) is 147 cm³/mol. The number of benzene rings is 4. The van der Waals surface area contributed by atoms with E-state index in [2.05, 4.69) is 0 Å². The number of rotatable bonds is 6. The lowest BCUT2D eigenvalue weighted by Crippen LogP contribution is -2.27. The minimum Gasteiger partial charge on any atom is -0.486 e. The highest BCUT2D eigenvalue weighted by atomic mass is 35.5. The van der Waals surface area contributed by atoms with E-state index in [-0.39, 0.29) is 17.7 Å². The fraction of sp³-hybridized carbons (Fsp3) is 0.103. The number of fused-ring (bicyclic) bond motifs is 1. The number of amides is 2. The fourth-order valence-corrected chi connectivity index (χ4v) is 5.52. The first kappa shape index (κ1) is 24.4. The molecular weight excluding hydrogens is 513 g/mol. The van der Waals surface area contributed by atoms with Crippen molar-refractivity contribution in [3.63, 3.8) is 0 Å². The lowest BCUT2D eigenvalue weighted by atomic mass is 10.1. The lowest BCUT2D eigenvalue weighted by Gasteiger charge is -2.13. The minimum absolute atomic E-state index is 0.208. The Morgan fingerprint density at radius 2 is 1.61 bits per heavy atom. The summed E-state index contributed by atoms with van der Waals surface area (Å²) in [6.07, 6.45) is 1.63. The lowest BCUT2D eigenvalue weighted by molar-refractivity contribution is -0.123. The molecule has 1 aliphatic rings. The molecule has 7 heteroatoms. The molecule has 4 aromatic carbocycles. The van der Waals surface area contributed by atoms with Crippen LogP contribution in [0.3, 0.4) is 0 Å². The molecule has 180 valence electrons. The first-order chi connectivity index (χ1) is 17.4. The van der Waals surface area contributed by atoms with E-state index >= 15 is 0 Å². The van der Waals surface area contributed by atoms with E-state index in [4.69, 9.17) is 27.9 Å². The van der Waals surface area contributed by atoms with Gasteiger partial charge in [-0.3, -0.25) is 14.5 Å². The zero-order valence-electron chi connectivity index (χ0n) is 19.3. The molecule has 5 rings (SSSR count). The van der Waals surface area contributed by atoms with Crippen molar-refractivity contribution in [2.24, 2.45) is 0 Å². The van der Waals surface area contributed by atoms with E-state index in [0.717, 1.165) is 39.2 Å². The van der Waals surface area contributed by atoms with Gasteiger partial charge in [0.1, 0.15) is 6.61 Å². The molecule has 0 radical (unpaired) electrons. The van der Waals surface area contributed by atoms with E-state index in [1.165, 1.54) is 4.90 Å². The zero-order valence-corrected chi connectivity index (χ0v) is 21.7. The van der Waals surface area contributed by atoms with Crippen LogP contribution in [0.4, 0.5) is 4.79 Å². The number of nitrogens with zero attached hydrogens (tertiary/aromatic N) is 1. The van der Waals surface area contributed by atoms with Gasteiger partial charge in [0.15, 0.2) is 5.75 Å². The normalized spacial score (nSPS) is 14.8. The molecule has 0 saturated carbocycles. The summed E-state index contributed by atoms with van der Waals surface area (Å²) in [5, 5.41) is 2.52. The van der Waals surface area contributed by atoms with Crippen molar-refractivity contribution in [2.75, 3.05) is 0 Å². The van der Waals surface area contributed by atoms with Gasteiger partial charge in [0.25, 0.3) is 11.1 Å². The maximum absolute atomic E-state index is 13.0. The second-order valence-electron chi connectivity index (χ2n) is 8.54. The smallest absolute Gasteiger partial charge is 0.293 e. The highest BCUT2D eigenvalue weighted by Crippen LogP contribution is 2.38. The number of ether oxygens (including phenoxy) is 1. The molecule has 1 aliphatic heterocycles. The number of halogens is 2. The second-order valence-corrected chi connectivity index (χ2v) is 10.3. The number of carbonyl (C=O) groups excluding carboxylic acids is 2. The third kappa shape index (κ3) is 5.29. The number of hydrogen-bond acceptors (Lipinski definition) is 4. The number of carbonyl (C=O) groups is 2. The Balaban J connectivity index is 1.32. The summed E-state index contributed by atoms with van der Waals surface area (Å²) < 4.78 is 5.87. The quantitative estimate of drug-likeness (QED) is 0.234. The van der Waals surface area contributed by atoms with E-state index in [9.17, 15) is 9.59 Å². The second kappa shape index (κ2) is 10.4. The van der Waals surface area contributed by atoms with Crippen molar-refractivity contribution in [1.82, 2.24) is 4.90 Å². The van der Waals surface area contributed by atoms with Crippen molar-refractivity contribution >= 4 is 63.0 Å². The van der Waals surface area contributed by atoms with Gasteiger partial charge in [0.2, 0.25) is 0 Å². The molecule has 4 aromatic rings. The van der Waals surface area contributed by atoms with Crippen molar-refractivity contribution in [3.8, 4) is 5.75 Å². The summed E-state index contributed by atoms with van der Waals surface area (Å²) in [4.78, 5) is 27.3. The van der Waals surface area contributed by atoms with Gasteiger partial charge in [-0.15, -0.1) is 0 Å². The molecule has 1 heterocycles. The summed E-state index contributed by atoms with van der Waals surface area (Å²) >= 11 is 13.8. The van der Waals surface area contributed by atoms with E-state index in [1.54, 1.807) is 18.2 Å². The van der Waals surface area contributed by atoms with Gasteiger partial charge >= 0.3 is 0 Å². The molecule has 1 fully saturated rings. The van der Waals surface area contributed by atoms with Gasteiger partial charge in [-0.1, -0.05) is 89.4 Å². The third-order valence-electron chi connectivity index (χ3n) is 5.81. The highest BCUT2D eigenvalue weighted by Gasteiger charge is 2.35. The predicted octanol–water partition coefficient (Wildman–Crippen LogP) is 8.27. The molecule has 0 atom stereocenters. The Kier molecular flexibility index (Phi) is 7.06. The van der Waals surface area contributed by atoms with E-state index in [1.807, 2.05) is 73.7 Å². The summed E-state index contributed by atoms with van der Waals surface area (Å²) in [6.45, 7) is 2.55. The highest BCUT2D eigenvalue weighted by molar-refractivity contribution is 8.18. The van der Waals surface area contributed by atoms with Crippen molar-refractivity contribution < 1.29 is 14.3 Å². The van der Waals surface area contributed by atoms with Crippen LogP contribution in [0, 0.1) is 6.92 Å². The molecule has 0 bridgehead atoms. The van der Waals surface area contributed by atoms with Crippen LogP contribution in [0.5, 0.6) is 5.75 Å². The number of imide groups is 1. The third-order valence-corrected chi connectivity index (χ3v) is 7.28.